The number of aryl methyl sites for hydroxylation is 1. The lowest BCUT2D eigenvalue weighted by molar-refractivity contribution is 0.386. The summed E-state index contributed by atoms with van der Waals surface area (Å²) in [6.45, 7) is 7.26. The summed E-state index contributed by atoms with van der Waals surface area (Å²) < 4.78 is 2.11. The van der Waals surface area contributed by atoms with Crippen LogP contribution in [0.15, 0.2) is 0 Å². The highest BCUT2D eigenvalue weighted by Crippen LogP contribution is 2.25. The molecule has 0 saturated heterocycles. The fraction of sp³-hybridized carbons (Fsp3) is 0.769. The SMILES string of the molecule is CCCC(CNC1CC1)n1nc(C)c(Cl)c1C. The number of hydrogen-bond donors (Lipinski definition) is 1. The minimum atomic E-state index is 0.437. The molecule has 1 saturated carbocycles. The maximum atomic E-state index is 6.21. The van der Waals surface area contributed by atoms with Gasteiger partial charge in [0.15, 0.2) is 0 Å². The third-order valence-electron chi connectivity index (χ3n) is 3.42. The Balaban J connectivity index is 2.09. The molecule has 1 N–H and O–H groups in total. The minimum Gasteiger partial charge on any atom is -0.312 e. The predicted octanol–water partition coefficient (Wildman–Crippen LogP) is 3.25. The maximum Gasteiger partial charge on any atom is 0.0844 e. The van der Waals surface area contributed by atoms with Gasteiger partial charge in [-0.3, -0.25) is 4.68 Å². The molecule has 1 fully saturated rings. The molecule has 1 heterocycles. The third kappa shape index (κ3) is 3.02. The van der Waals surface area contributed by atoms with E-state index in [-0.39, 0.29) is 0 Å². The second-order valence-electron chi connectivity index (χ2n) is 5.05. The Labute approximate surface area is 109 Å². The Morgan fingerprint density at radius 1 is 1.47 bits per heavy atom. The Morgan fingerprint density at radius 3 is 2.65 bits per heavy atom. The lowest BCUT2D eigenvalue weighted by Gasteiger charge is -2.19. The highest BCUT2D eigenvalue weighted by atomic mass is 35.5. The van der Waals surface area contributed by atoms with Crippen LogP contribution in [0.4, 0.5) is 0 Å². The molecule has 1 unspecified atom stereocenters. The Hall–Kier alpha value is -0.540. The monoisotopic (exact) mass is 255 g/mol. The number of nitrogens with one attached hydrogen (secondary N) is 1. The largest absolute Gasteiger partial charge is 0.312 e. The molecule has 1 aromatic rings. The number of nitrogens with zero attached hydrogens (tertiary/aromatic N) is 2. The number of hydrogen-bond acceptors (Lipinski definition) is 2. The molecule has 0 amide bonds. The van der Waals surface area contributed by atoms with Gasteiger partial charge < -0.3 is 5.32 Å². The predicted molar refractivity (Wildman–Crippen MR) is 71.7 cm³/mol. The van der Waals surface area contributed by atoms with Crippen LogP contribution in [0, 0.1) is 13.8 Å². The smallest absolute Gasteiger partial charge is 0.0844 e. The van der Waals surface area contributed by atoms with E-state index in [0.29, 0.717) is 6.04 Å². The summed E-state index contributed by atoms with van der Waals surface area (Å²) in [5.41, 5.74) is 2.04. The number of rotatable bonds is 6. The van der Waals surface area contributed by atoms with Crippen molar-refractivity contribution in [3.05, 3.63) is 16.4 Å². The fourth-order valence-corrected chi connectivity index (χ4v) is 2.36. The molecule has 3 nitrogen and oxygen atoms in total. The van der Waals surface area contributed by atoms with Gasteiger partial charge in [-0.05, 0) is 33.1 Å². The molecule has 0 bridgehead atoms. The lowest BCUT2D eigenvalue weighted by Crippen LogP contribution is -2.28. The first-order valence-electron chi connectivity index (χ1n) is 6.58. The van der Waals surface area contributed by atoms with Crippen molar-refractivity contribution < 1.29 is 0 Å². The zero-order valence-electron chi connectivity index (χ0n) is 11.0. The first kappa shape index (κ1) is 12.9. The highest BCUT2D eigenvalue weighted by Gasteiger charge is 2.23. The van der Waals surface area contributed by atoms with Crippen LogP contribution in [0.1, 0.15) is 50.0 Å². The van der Waals surface area contributed by atoms with Gasteiger partial charge in [0.2, 0.25) is 0 Å². The van der Waals surface area contributed by atoms with E-state index in [4.69, 9.17) is 11.6 Å². The summed E-state index contributed by atoms with van der Waals surface area (Å²) in [6, 6.07) is 1.19. The second kappa shape index (κ2) is 5.40. The summed E-state index contributed by atoms with van der Waals surface area (Å²) in [6.07, 6.45) is 4.98. The molecule has 0 aliphatic heterocycles. The van der Waals surface area contributed by atoms with Crippen LogP contribution in [0.25, 0.3) is 0 Å². The van der Waals surface area contributed by atoms with Gasteiger partial charge in [-0.25, -0.2) is 0 Å². The molecule has 1 atom stereocenters. The Bertz CT molecular complexity index is 382. The van der Waals surface area contributed by atoms with Gasteiger partial charge >= 0.3 is 0 Å². The van der Waals surface area contributed by atoms with E-state index in [1.807, 2.05) is 6.92 Å². The van der Waals surface area contributed by atoms with E-state index in [1.54, 1.807) is 0 Å². The van der Waals surface area contributed by atoms with Crippen LogP contribution < -0.4 is 5.32 Å². The average Bonchev–Trinajstić information content (AvgIpc) is 3.09. The standard InChI is InChI=1S/C13H22ClN3/c1-4-5-12(8-15-11-6-7-11)17-10(3)13(14)9(2)16-17/h11-12,15H,4-8H2,1-3H3. The normalized spacial score (nSPS) is 17.4. The molecule has 4 heteroatoms. The second-order valence-corrected chi connectivity index (χ2v) is 5.43. The average molecular weight is 256 g/mol. The third-order valence-corrected chi connectivity index (χ3v) is 3.97. The van der Waals surface area contributed by atoms with Gasteiger partial charge in [0.25, 0.3) is 0 Å². The summed E-state index contributed by atoms with van der Waals surface area (Å²) in [5, 5.41) is 8.98. The lowest BCUT2D eigenvalue weighted by atomic mass is 10.1. The molecular formula is C13H22ClN3. The van der Waals surface area contributed by atoms with Crippen molar-refractivity contribution in [2.24, 2.45) is 0 Å². The van der Waals surface area contributed by atoms with E-state index >= 15 is 0 Å². The van der Waals surface area contributed by atoms with Crippen molar-refractivity contribution in [3.63, 3.8) is 0 Å². The summed E-state index contributed by atoms with van der Waals surface area (Å²) in [7, 11) is 0. The first-order chi connectivity index (χ1) is 8.13. The van der Waals surface area contributed by atoms with Gasteiger partial charge in [-0.15, -0.1) is 0 Å². The summed E-state index contributed by atoms with van der Waals surface area (Å²) >= 11 is 6.21. The number of halogens is 1. The zero-order valence-corrected chi connectivity index (χ0v) is 11.7. The van der Waals surface area contributed by atoms with Crippen LogP contribution in [-0.2, 0) is 0 Å². The van der Waals surface area contributed by atoms with Gasteiger partial charge in [0.1, 0.15) is 0 Å². The van der Waals surface area contributed by atoms with Crippen molar-refractivity contribution in [2.45, 2.75) is 58.5 Å². The van der Waals surface area contributed by atoms with Gasteiger partial charge in [-0.1, -0.05) is 24.9 Å². The van der Waals surface area contributed by atoms with E-state index < -0.39 is 0 Å². The van der Waals surface area contributed by atoms with E-state index in [2.05, 4.69) is 28.9 Å². The van der Waals surface area contributed by atoms with E-state index in [0.717, 1.165) is 35.4 Å². The Morgan fingerprint density at radius 2 is 2.18 bits per heavy atom. The van der Waals surface area contributed by atoms with Crippen LogP contribution in [0.3, 0.4) is 0 Å². The molecule has 1 aliphatic rings. The van der Waals surface area contributed by atoms with Crippen LogP contribution in [0.2, 0.25) is 5.02 Å². The van der Waals surface area contributed by atoms with Gasteiger partial charge in [-0.2, -0.15) is 5.10 Å². The quantitative estimate of drug-likeness (QED) is 0.846. The topological polar surface area (TPSA) is 29.9 Å². The first-order valence-corrected chi connectivity index (χ1v) is 6.95. The van der Waals surface area contributed by atoms with Gasteiger partial charge in [0.05, 0.1) is 22.5 Å². The molecule has 0 spiro atoms. The molecule has 0 aromatic carbocycles. The van der Waals surface area contributed by atoms with Crippen molar-refractivity contribution in [1.82, 2.24) is 15.1 Å². The minimum absolute atomic E-state index is 0.437. The summed E-state index contributed by atoms with van der Waals surface area (Å²) in [4.78, 5) is 0. The van der Waals surface area contributed by atoms with Crippen molar-refractivity contribution in [3.8, 4) is 0 Å². The van der Waals surface area contributed by atoms with E-state index in [9.17, 15) is 0 Å². The van der Waals surface area contributed by atoms with Crippen LogP contribution in [-0.4, -0.2) is 22.4 Å². The number of aromatic nitrogens is 2. The molecule has 17 heavy (non-hydrogen) atoms. The van der Waals surface area contributed by atoms with Crippen LogP contribution in [0.5, 0.6) is 0 Å². The van der Waals surface area contributed by atoms with Crippen LogP contribution >= 0.6 is 11.6 Å². The Kier molecular flexibility index (Phi) is 4.10. The molecular weight excluding hydrogens is 234 g/mol. The molecule has 96 valence electrons. The van der Waals surface area contributed by atoms with E-state index in [1.165, 1.54) is 19.3 Å². The molecule has 1 aliphatic carbocycles. The zero-order chi connectivity index (χ0) is 12.4. The summed E-state index contributed by atoms with van der Waals surface area (Å²) in [5.74, 6) is 0. The van der Waals surface area contributed by atoms with Crippen molar-refractivity contribution in [2.75, 3.05) is 6.54 Å². The maximum absolute atomic E-state index is 6.21. The molecule has 2 rings (SSSR count). The highest BCUT2D eigenvalue weighted by molar-refractivity contribution is 6.31. The molecule has 1 aromatic heterocycles. The molecule has 0 radical (unpaired) electrons. The van der Waals surface area contributed by atoms with Gasteiger partial charge in [0, 0.05) is 12.6 Å². The van der Waals surface area contributed by atoms with Crippen molar-refractivity contribution >= 4 is 11.6 Å². The van der Waals surface area contributed by atoms with Crippen molar-refractivity contribution in [1.29, 1.82) is 0 Å². The fourth-order valence-electron chi connectivity index (χ4n) is 2.23.